The van der Waals surface area contributed by atoms with Crippen LogP contribution in [-0.2, 0) is 57.1 Å². The SMILES string of the molecule is CCC(=O)O[C@H]1[C@H](C)O[C@@H](O[C@H]2[C@H](N(C)C)[C@@H](O)[C@H](O[C@@H]3[C@@H](CCO)C[C@@H](C)C(=O)/C=C/C=C/C[C@@H](C)OC(=O)C[C@@H](OC(C)=O)[C@@H]3OC)O[C@@H]2C)C[C@@]1(C)O. The van der Waals surface area contributed by atoms with Crippen molar-refractivity contribution in [2.75, 3.05) is 27.8 Å². The van der Waals surface area contributed by atoms with Gasteiger partial charge in [0.15, 0.2) is 24.5 Å². The second-order valence-electron chi connectivity index (χ2n) is 15.6. The van der Waals surface area contributed by atoms with Crippen LogP contribution in [0.3, 0.4) is 0 Å². The molecule has 3 N–H and O–H groups in total. The summed E-state index contributed by atoms with van der Waals surface area (Å²) in [6, 6.07) is -0.772. The third kappa shape index (κ3) is 13.1. The van der Waals surface area contributed by atoms with Crippen LogP contribution in [0.25, 0.3) is 0 Å². The van der Waals surface area contributed by atoms with Crippen molar-refractivity contribution in [2.24, 2.45) is 11.8 Å². The number of rotatable bonds is 11. The molecule has 3 heterocycles. The molecule has 2 saturated heterocycles. The maximum Gasteiger partial charge on any atom is 0.309 e. The maximum atomic E-state index is 13.2. The van der Waals surface area contributed by atoms with Crippen LogP contribution in [0.15, 0.2) is 24.3 Å². The number of nitrogens with zero attached hydrogens (tertiary/aromatic N) is 1. The first-order chi connectivity index (χ1) is 26.3. The minimum Gasteiger partial charge on any atom is -0.462 e. The number of aliphatic hydroxyl groups is 3. The average molecular weight is 800 g/mol. The molecule has 0 aromatic rings. The standard InChI is InChI=1S/C40H65NO15/c1-11-30(45)54-38-25(5)51-32(21-40(38,7)48)55-35-24(4)52-39(34(47)33(35)41(8)9)56-36-27(17-18-42)19-22(2)28(44)16-14-12-13-15-23(3)50-31(46)20-29(37(36)49-10)53-26(6)43/h12-14,16,22-25,27,29,32-39,42,47-48H,11,15,17-21H2,1-10H3/b13-12+,16-14+/t22-,23-,24-,25+,27+,29-,32+,33-,34-,35-,36-,37+,38+,39+,40-/m1/s1. The summed E-state index contributed by atoms with van der Waals surface area (Å²) in [5.74, 6) is -3.17. The zero-order chi connectivity index (χ0) is 41.9. The number of carbonyl (C=O) groups is 4. The highest BCUT2D eigenvalue weighted by molar-refractivity contribution is 5.91. The van der Waals surface area contributed by atoms with E-state index in [0.29, 0.717) is 6.42 Å². The molecule has 0 radical (unpaired) electrons. The molecule has 0 unspecified atom stereocenters. The molecule has 3 aliphatic rings. The predicted molar refractivity (Wildman–Crippen MR) is 201 cm³/mol. The van der Waals surface area contributed by atoms with Gasteiger partial charge in [0.1, 0.15) is 36.1 Å². The number of hydrogen-bond acceptors (Lipinski definition) is 16. The van der Waals surface area contributed by atoms with Gasteiger partial charge in [0, 0.05) is 45.8 Å². The minimum atomic E-state index is -1.49. The number of aliphatic hydroxyl groups excluding tert-OH is 2. The van der Waals surface area contributed by atoms with Crippen molar-refractivity contribution in [1.29, 1.82) is 0 Å². The summed E-state index contributed by atoms with van der Waals surface area (Å²) in [5, 5.41) is 33.6. The number of ether oxygens (including phenoxy) is 8. The van der Waals surface area contributed by atoms with E-state index >= 15 is 0 Å². The maximum absolute atomic E-state index is 13.2. The van der Waals surface area contributed by atoms with Crippen molar-refractivity contribution in [3.8, 4) is 0 Å². The molecule has 0 bridgehead atoms. The summed E-state index contributed by atoms with van der Waals surface area (Å²) in [5.41, 5.74) is -1.49. The number of methoxy groups -OCH3 is 1. The van der Waals surface area contributed by atoms with Crippen LogP contribution in [0, 0.1) is 11.8 Å². The third-order valence-electron chi connectivity index (χ3n) is 10.6. The number of cyclic esters (lactones) is 1. The number of esters is 3. The van der Waals surface area contributed by atoms with Crippen LogP contribution in [0.2, 0.25) is 0 Å². The molecular weight excluding hydrogens is 734 g/mol. The molecular formula is C40H65NO15. The number of hydrogen-bond donors (Lipinski definition) is 3. The first-order valence-corrected chi connectivity index (χ1v) is 19.6. The largest absolute Gasteiger partial charge is 0.462 e. The Morgan fingerprint density at radius 3 is 2.29 bits per heavy atom. The molecule has 0 amide bonds. The van der Waals surface area contributed by atoms with Crippen molar-refractivity contribution in [3.63, 3.8) is 0 Å². The summed E-state index contributed by atoms with van der Waals surface area (Å²) in [7, 11) is 4.86. The van der Waals surface area contributed by atoms with Gasteiger partial charge in [-0.15, -0.1) is 0 Å². The van der Waals surface area contributed by atoms with Crippen LogP contribution in [0.1, 0.15) is 87.0 Å². The highest BCUT2D eigenvalue weighted by Crippen LogP contribution is 2.37. The Bertz CT molecular complexity index is 1350. The van der Waals surface area contributed by atoms with E-state index in [1.807, 2.05) is 0 Å². The first kappa shape index (κ1) is 47.6. The number of carbonyl (C=O) groups excluding carboxylic acids is 4. The number of allylic oxidation sites excluding steroid dienone is 3. The van der Waals surface area contributed by atoms with Crippen molar-refractivity contribution in [2.45, 2.75) is 166 Å². The molecule has 0 aromatic carbocycles. The van der Waals surface area contributed by atoms with E-state index in [4.69, 9.17) is 37.9 Å². The van der Waals surface area contributed by atoms with E-state index in [1.165, 1.54) is 20.1 Å². The van der Waals surface area contributed by atoms with Gasteiger partial charge < -0.3 is 58.1 Å². The second kappa shape index (κ2) is 21.8. The van der Waals surface area contributed by atoms with E-state index in [1.54, 1.807) is 78.8 Å². The average Bonchev–Trinajstić information content (AvgIpc) is 3.09. The molecule has 2 fully saturated rings. The lowest BCUT2D eigenvalue weighted by atomic mass is 9.82. The fraction of sp³-hybridized carbons (Fsp3) is 0.800. The molecule has 0 aliphatic carbocycles. The highest BCUT2D eigenvalue weighted by Gasteiger charge is 2.53. The second-order valence-corrected chi connectivity index (χ2v) is 15.6. The van der Waals surface area contributed by atoms with Gasteiger partial charge in [0.05, 0.1) is 30.8 Å². The van der Waals surface area contributed by atoms with Crippen LogP contribution in [0.5, 0.6) is 0 Å². The van der Waals surface area contributed by atoms with Gasteiger partial charge in [-0.1, -0.05) is 32.1 Å². The van der Waals surface area contributed by atoms with Crippen LogP contribution >= 0.6 is 0 Å². The van der Waals surface area contributed by atoms with Crippen molar-refractivity contribution in [3.05, 3.63) is 24.3 Å². The van der Waals surface area contributed by atoms with E-state index in [-0.39, 0.29) is 38.1 Å². The Hall–Kier alpha value is -2.80. The molecule has 320 valence electrons. The Labute approximate surface area is 330 Å². The smallest absolute Gasteiger partial charge is 0.309 e. The molecule has 3 aliphatic heterocycles. The Morgan fingerprint density at radius 2 is 1.70 bits per heavy atom. The van der Waals surface area contributed by atoms with Crippen LogP contribution in [0.4, 0.5) is 0 Å². The predicted octanol–water partition coefficient (Wildman–Crippen LogP) is 2.38. The van der Waals surface area contributed by atoms with Gasteiger partial charge in [-0.2, -0.15) is 0 Å². The van der Waals surface area contributed by atoms with Crippen molar-refractivity contribution >= 4 is 23.7 Å². The zero-order valence-corrected chi connectivity index (χ0v) is 34.5. The summed E-state index contributed by atoms with van der Waals surface area (Å²) < 4.78 is 48.3. The summed E-state index contributed by atoms with van der Waals surface area (Å²) in [6.07, 6.45) is -3.99. The van der Waals surface area contributed by atoms with Crippen molar-refractivity contribution in [1.82, 2.24) is 4.90 Å². The summed E-state index contributed by atoms with van der Waals surface area (Å²) in [6.45, 7) is 11.0. The van der Waals surface area contributed by atoms with E-state index in [9.17, 15) is 34.5 Å². The topological polar surface area (TPSA) is 206 Å². The lowest BCUT2D eigenvalue weighted by molar-refractivity contribution is -0.344. The number of ketones is 1. The molecule has 3 rings (SSSR count). The third-order valence-corrected chi connectivity index (χ3v) is 10.6. The van der Waals surface area contributed by atoms with Gasteiger partial charge in [-0.05, 0) is 66.6 Å². The molecule has 16 heteroatoms. The zero-order valence-electron chi connectivity index (χ0n) is 34.5. The summed E-state index contributed by atoms with van der Waals surface area (Å²) in [4.78, 5) is 52.8. The van der Waals surface area contributed by atoms with E-state index < -0.39 is 115 Å². The van der Waals surface area contributed by atoms with Gasteiger partial charge in [-0.3, -0.25) is 19.2 Å². The van der Waals surface area contributed by atoms with Gasteiger partial charge in [0.2, 0.25) is 0 Å². The fourth-order valence-electron chi connectivity index (χ4n) is 7.77. The molecule has 0 spiro atoms. The van der Waals surface area contributed by atoms with Gasteiger partial charge in [-0.25, -0.2) is 0 Å². The monoisotopic (exact) mass is 799 g/mol. The molecule has 56 heavy (non-hydrogen) atoms. The van der Waals surface area contributed by atoms with Crippen molar-refractivity contribution < 1.29 is 72.4 Å². The quantitative estimate of drug-likeness (QED) is 0.203. The van der Waals surface area contributed by atoms with E-state index in [0.717, 1.165) is 0 Å². The van der Waals surface area contributed by atoms with Crippen LogP contribution < -0.4 is 0 Å². The lowest BCUT2D eigenvalue weighted by Crippen LogP contribution is -2.66. The molecule has 0 saturated carbocycles. The van der Waals surface area contributed by atoms with E-state index in [2.05, 4.69) is 0 Å². The Balaban J connectivity index is 2.00. The first-order valence-electron chi connectivity index (χ1n) is 19.6. The number of likely N-dealkylation sites (N-methyl/N-ethyl adjacent to an activating group) is 1. The minimum absolute atomic E-state index is 0.0417. The van der Waals surface area contributed by atoms with Gasteiger partial charge >= 0.3 is 17.9 Å². The Morgan fingerprint density at radius 1 is 1.00 bits per heavy atom. The molecule has 0 aromatic heterocycles. The molecule has 15 atom stereocenters. The van der Waals surface area contributed by atoms with Crippen LogP contribution in [-0.4, -0.2) is 151 Å². The fourth-order valence-corrected chi connectivity index (χ4v) is 7.77. The molecule has 16 nitrogen and oxygen atoms in total. The summed E-state index contributed by atoms with van der Waals surface area (Å²) >= 11 is 0. The highest BCUT2D eigenvalue weighted by atomic mass is 16.7. The lowest BCUT2D eigenvalue weighted by Gasteiger charge is -2.50. The normalized spacial score (nSPS) is 40.4. The van der Waals surface area contributed by atoms with Gasteiger partial charge in [0.25, 0.3) is 0 Å². The Kier molecular flexibility index (Phi) is 18.5.